The van der Waals surface area contributed by atoms with Crippen molar-refractivity contribution in [1.82, 2.24) is 5.32 Å². The van der Waals surface area contributed by atoms with Gasteiger partial charge in [-0.25, -0.2) is 0 Å². The maximum Gasteiger partial charge on any atom is 0.251 e. The van der Waals surface area contributed by atoms with Gasteiger partial charge in [-0.15, -0.1) is 0 Å². The second-order valence-electron chi connectivity index (χ2n) is 3.53. The lowest BCUT2D eigenvalue weighted by atomic mass is 10.2. The van der Waals surface area contributed by atoms with Crippen LogP contribution in [0, 0.1) is 0 Å². The van der Waals surface area contributed by atoms with Crippen LogP contribution in [0.3, 0.4) is 0 Å². The van der Waals surface area contributed by atoms with Crippen LogP contribution in [0.1, 0.15) is 17.3 Å². The molecule has 0 radical (unpaired) electrons. The molecular weight excluding hydrogens is 210 g/mol. The predicted molar refractivity (Wildman–Crippen MR) is 71.9 cm³/mol. The van der Waals surface area contributed by atoms with Crippen LogP contribution in [-0.2, 0) is 0 Å². The highest BCUT2D eigenvalue weighted by Gasteiger charge is 2.03. The Morgan fingerprint density at radius 1 is 1.35 bits per heavy atom. The third-order valence-corrected chi connectivity index (χ3v) is 2.20. The predicted octanol–water partition coefficient (Wildman–Crippen LogP) is 3.10. The van der Waals surface area contributed by atoms with Crippen molar-refractivity contribution < 1.29 is 4.79 Å². The average Bonchev–Trinajstić information content (AvgIpc) is 2.37. The Morgan fingerprint density at radius 3 is 2.65 bits per heavy atom. The lowest BCUT2D eigenvalue weighted by Crippen LogP contribution is -2.25. The molecule has 1 aromatic carbocycles. The minimum atomic E-state index is -0.0648. The Hall–Kier alpha value is -2.09. The second-order valence-corrected chi connectivity index (χ2v) is 3.53. The molecule has 2 nitrogen and oxygen atoms in total. The molecule has 1 amide bonds. The van der Waals surface area contributed by atoms with Crippen LogP contribution in [-0.4, -0.2) is 12.5 Å². The van der Waals surface area contributed by atoms with E-state index in [1.54, 1.807) is 18.2 Å². The normalized spacial score (nSPS) is 11.5. The smallest absolute Gasteiger partial charge is 0.251 e. The zero-order valence-electron chi connectivity index (χ0n) is 10.0. The van der Waals surface area contributed by atoms with E-state index in [0.717, 1.165) is 5.57 Å². The summed E-state index contributed by atoms with van der Waals surface area (Å²) in [6.07, 6.45) is 7.48. The topological polar surface area (TPSA) is 29.1 Å². The van der Waals surface area contributed by atoms with Gasteiger partial charge in [0.05, 0.1) is 0 Å². The molecule has 1 aromatic rings. The van der Waals surface area contributed by atoms with Gasteiger partial charge >= 0.3 is 0 Å². The summed E-state index contributed by atoms with van der Waals surface area (Å²) in [6, 6.07) is 9.17. The molecule has 0 aliphatic carbocycles. The highest BCUT2D eigenvalue weighted by molar-refractivity contribution is 5.94. The minimum absolute atomic E-state index is 0.0648. The Morgan fingerprint density at radius 2 is 2.06 bits per heavy atom. The van der Waals surface area contributed by atoms with Crippen molar-refractivity contribution >= 4 is 5.91 Å². The lowest BCUT2D eigenvalue weighted by molar-refractivity contribution is 0.0957. The molecule has 88 valence electrons. The van der Waals surface area contributed by atoms with E-state index in [1.807, 2.05) is 43.4 Å². The lowest BCUT2D eigenvalue weighted by Gasteiger charge is -2.05. The summed E-state index contributed by atoms with van der Waals surface area (Å²) >= 11 is 0. The van der Waals surface area contributed by atoms with Crippen molar-refractivity contribution in [3.63, 3.8) is 0 Å². The third kappa shape index (κ3) is 4.51. The number of hydrogen-bond donors (Lipinski definition) is 1. The number of benzene rings is 1. The summed E-state index contributed by atoms with van der Waals surface area (Å²) in [7, 11) is 0. The van der Waals surface area contributed by atoms with E-state index in [-0.39, 0.29) is 5.91 Å². The van der Waals surface area contributed by atoms with Crippen LogP contribution in [0.2, 0.25) is 0 Å². The number of amides is 1. The summed E-state index contributed by atoms with van der Waals surface area (Å²) < 4.78 is 0. The van der Waals surface area contributed by atoms with E-state index in [1.165, 1.54) is 0 Å². The van der Waals surface area contributed by atoms with Crippen molar-refractivity contribution in [3.05, 3.63) is 72.4 Å². The van der Waals surface area contributed by atoms with E-state index in [0.29, 0.717) is 12.1 Å². The molecule has 0 saturated heterocycles. The molecule has 0 atom stereocenters. The van der Waals surface area contributed by atoms with E-state index in [9.17, 15) is 4.79 Å². The van der Waals surface area contributed by atoms with Gasteiger partial charge in [-0.3, -0.25) is 4.79 Å². The monoisotopic (exact) mass is 227 g/mol. The first kappa shape index (κ1) is 13.0. The molecule has 17 heavy (non-hydrogen) atoms. The molecule has 1 rings (SSSR count). The molecular formula is C15H17NO. The van der Waals surface area contributed by atoms with E-state index < -0.39 is 0 Å². The Kier molecular flexibility index (Phi) is 5.52. The quantitative estimate of drug-likeness (QED) is 0.769. The van der Waals surface area contributed by atoms with Gasteiger partial charge in [0.2, 0.25) is 0 Å². The molecule has 0 saturated carbocycles. The molecule has 2 heteroatoms. The summed E-state index contributed by atoms with van der Waals surface area (Å²) in [6.45, 7) is 6.09. The van der Waals surface area contributed by atoms with Crippen molar-refractivity contribution in [2.75, 3.05) is 6.54 Å². The van der Waals surface area contributed by atoms with E-state index >= 15 is 0 Å². The standard InChI is InChI=1S/C15H17NO/c1-3-8-13(9-4-2)12-16-15(17)14-10-6-5-7-11-14/h3-11H,1,12H2,2H3,(H,16,17)/b9-4-,13-8+. The van der Waals surface area contributed by atoms with Crippen molar-refractivity contribution in [3.8, 4) is 0 Å². The van der Waals surface area contributed by atoms with E-state index in [2.05, 4.69) is 11.9 Å². The summed E-state index contributed by atoms with van der Waals surface area (Å²) in [5.41, 5.74) is 1.69. The maximum absolute atomic E-state index is 11.8. The fourth-order valence-corrected chi connectivity index (χ4v) is 1.41. The summed E-state index contributed by atoms with van der Waals surface area (Å²) in [5.74, 6) is -0.0648. The second kappa shape index (κ2) is 7.23. The first-order chi connectivity index (χ1) is 8.27. The van der Waals surface area contributed by atoms with Gasteiger partial charge < -0.3 is 5.32 Å². The van der Waals surface area contributed by atoms with Crippen LogP contribution in [0.25, 0.3) is 0 Å². The number of carbonyl (C=O) groups excluding carboxylic acids is 1. The number of hydrogen-bond acceptors (Lipinski definition) is 1. The number of carbonyl (C=O) groups is 1. The van der Waals surface area contributed by atoms with Crippen LogP contribution in [0.5, 0.6) is 0 Å². The molecule has 1 N–H and O–H groups in total. The van der Waals surface area contributed by atoms with Crippen LogP contribution in [0.4, 0.5) is 0 Å². The molecule has 0 aliphatic rings. The van der Waals surface area contributed by atoms with Gasteiger partial charge in [0.1, 0.15) is 0 Å². The Labute approximate surface area is 102 Å². The van der Waals surface area contributed by atoms with Crippen molar-refractivity contribution in [1.29, 1.82) is 0 Å². The van der Waals surface area contributed by atoms with Gasteiger partial charge in [0.15, 0.2) is 0 Å². The highest BCUT2D eigenvalue weighted by atomic mass is 16.1. The fraction of sp³-hybridized carbons (Fsp3) is 0.133. The third-order valence-electron chi connectivity index (χ3n) is 2.20. The maximum atomic E-state index is 11.8. The Balaban J connectivity index is 2.59. The van der Waals surface area contributed by atoms with Gasteiger partial charge in [0.25, 0.3) is 5.91 Å². The zero-order chi connectivity index (χ0) is 12.5. The number of rotatable bonds is 5. The van der Waals surface area contributed by atoms with Crippen LogP contribution < -0.4 is 5.32 Å². The van der Waals surface area contributed by atoms with Gasteiger partial charge in [-0.2, -0.15) is 0 Å². The van der Waals surface area contributed by atoms with Gasteiger partial charge in [-0.1, -0.05) is 49.1 Å². The van der Waals surface area contributed by atoms with Gasteiger partial charge in [0, 0.05) is 12.1 Å². The Bertz CT molecular complexity index is 429. The summed E-state index contributed by atoms with van der Waals surface area (Å²) in [4.78, 5) is 11.8. The minimum Gasteiger partial charge on any atom is -0.348 e. The highest BCUT2D eigenvalue weighted by Crippen LogP contribution is 2.00. The van der Waals surface area contributed by atoms with Crippen molar-refractivity contribution in [2.45, 2.75) is 6.92 Å². The first-order valence-corrected chi connectivity index (χ1v) is 5.55. The number of allylic oxidation sites excluding steroid dienone is 3. The molecule has 0 spiro atoms. The molecule has 0 unspecified atom stereocenters. The zero-order valence-corrected chi connectivity index (χ0v) is 10.0. The molecule has 0 fully saturated rings. The molecule has 0 bridgehead atoms. The molecule has 0 heterocycles. The van der Waals surface area contributed by atoms with Crippen LogP contribution in [0.15, 0.2) is 66.8 Å². The van der Waals surface area contributed by atoms with Crippen LogP contribution >= 0.6 is 0 Å². The largest absolute Gasteiger partial charge is 0.348 e. The number of nitrogens with one attached hydrogen (secondary N) is 1. The van der Waals surface area contributed by atoms with E-state index in [4.69, 9.17) is 0 Å². The van der Waals surface area contributed by atoms with Crippen molar-refractivity contribution in [2.24, 2.45) is 0 Å². The molecule has 0 aromatic heterocycles. The summed E-state index contributed by atoms with van der Waals surface area (Å²) in [5, 5.41) is 2.86. The fourth-order valence-electron chi connectivity index (χ4n) is 1.41. The first-order valence-electron chi connectivity index (χ1n) is 5.55. The van der Waals surface area contributed by atoms with Gasteiger partial charge in [-0.05, 0) is 24.6 Å². The molecule has 0 aliphatic heterocycles. The average molecular weight is 227 g/mol. The SMILES string of the molecule is C=C/C=C(\C=C/C)CNC(=O)c1ccccc1.